The van der Waals surface area contributed by atoms with Crippen LogP contribution in [0.25, 0.3) is 0 Å². The number of hydrogen-bond donors (Lipinski definition) is 0. The maximum Gasteiger partial charge on any atom is 0.330 e. The molecule has 3 rings (SSSR count). The predicted molar refractivity (Wildman–Crippen MR) is 99.1 cm³/mol. The van der Waals surface area contributed by atoms with Crippen LogP contribution in [-0.2, 0) is 14.3 Å². The van der Waals surface area contributed by atoms with E-state index in [0.717, 1.165) is 17.2 Å². The molecule has 0 radical (unpaired) electrons. The van der Waals surface area contributed by atoms with Crippen LogP contribution in [-0.4, -0.2) is 25.0 Å². The fraction of sp³-hybridized carbons (Fsp3) is 0.238. The Morgan fingerprint density at radius 2 is 1.92 bits per heavy atom. The molecule has 0 fully saturated rings. The number of ether oxygens (including phenoxy) is 2. The first-order valence-corrected chi connectivity index (χ1v) is 8.57. The summed E-state index contributed by atoms with van der Waals surface area (Å²) < 4.78 is 11.0. The van der Waals surface area contributed by atoms with Crippen LogP contribution in [0.2, 0.25) is 0 Å². The standard InChI is InChI=1S/C21H21NO4/c1-3-25-20(24)13-12-19(23)22-14-18(16-9-5-4-6-10-16)26-21-15(2)8-7-11-17(21)22/h4-13,18H,3,14H2,1-2H3. The van der Waals surface area contributed by atoms with Gasteiger partial charge in [-0.15, -0.1) is 0 Å². The van der Waals surface area contributed by atoms with E-state index >= 15 is 0 Å². The van der Waals surface area contributed by atoms with Gasteiger partial charge in [-0.1, -0.05) is 42.5 Å². The monoisotopic (exact) mass is 351 g/mol. The van der Waals surface area contributed by atoms with Crippen molar-refractivity contribution in [3.8, 4) is 5.75 Å². The van der Waals surface area contributed by atoms with Gasteiger partial charge in [0.25, 0.3) is 5.91 Å². The average molecular weight is 351 g/mol. The van der Waals surface area contributed by atoms with Crippen LogP contribution in [0.3, 0.4) is 0 Å². The molecule has 1 amide bonds. The van der Waals surface area contributed by atoms with Gasteiger partial charge in [0.2, 0.25) is 0 Å². The molecule has 2 aromatic carbocycles. The minimum Gasteiger partial charge on any atom is -0.481 e. The van der Waals surface area contributed by atoms with Crippen LogP contribution in [0.15, 0.2) is 60.7 Å². The van der Waals surface area contributed by atoms with Gasteiger partial charge in [0.1, 0.15) is 11.9 Å². The summed E-state index contributed by atoms with van der Waals surface area (Å²) in [7, 11) is 0. The number of rotatable bonds is 4. The average Bonchev–Trinajstić information content (AvgIpc) is 2.67. The van der Waals surface area contributed by atoms with Crippen molar-refractivity contribution in [2.45, 2.75) is 20.0 Å². The van der Waals surface area contributed by atoms with Crippen LogP contribution >= 0.6 is 0 Å². The first kappa shape index (κ1) is 17.7. The SMILES string of the molecule is CCOC(=O)C=CC(=O)N1CC(c2ccccc2)Oc2c(C)cccc21. The van der Waals surface area contributed by atoms with Gasteiger partial charge >= 0.3 is 5.97 Å². The lowest BCUT2D eigenvalue weighted by atomic mass is 10.0. The molecule has 0 saturated carbocycles. The molecule has 0 spiro atoms. The van der Waals surface area contributed by atoms with Gasteiger partial charge in [0, 0.05) is 12.2 Å². The van der Waals surface area contributed by atoms with E-state index in [0.29, 0.717) is 18.0 Å². The number of fused-ring (bicyclic) bond motifs is 1. The molecular weight excluding hydrogens is 330 g/mol. The topological polar surface area (TPSA) is 55.8 Å². The Hall–Kier alpha value is -3.08. The smallest absolute Gasteiger partial charge is 0.330 e. The summed E-state index contributed by atoms with van der Waals surface area (Å²) in [5.41, 5.74) is 2.65. The van der Waals surface area contributed by atoms with Crippen molar-refractivity contribution in [1.82, 2.24) is 0 Å². The van der Waals surface area contributed by atoms with E-state index in [1.165, 1.54) is 6.08 Å². The van der Waals surface area contributed by atoms with E-state index in [1.54, 1.807) is 11.8 Å². The van der Waals surface area contributed by atoms with Gasteiger partial charge in [0.05, 0.1) is 18.8 Å². The molecule has 1 heterocycles. The van der Waals surface area contributed by atoms with Gasteiger partial charge < -0.3 is 14.4 Å². The number of amides is 1. The molecule has 1 atom stereocenters. The Bertz CT molecular complexity index is 829. The molecule has 5 nitrogen and oxygen atoms in total. The molecule has 26 heavy (non-hydrogen) atoms. The summed E-state index contributed by atoms with van der Waals surface area (Å²) in [6.45, 7) is 4.31. The zero-order valence-corrected chi connectivity index (χ0v) is 14.8. The molecule has 2 aromatic rings. The van der Waals surface area contributed by atoms with E-state index in [-0.39, 0.29) is 18.6 Å². The lowest BCUT2D eigenvalue weighted by Crippen LogP contribution is -2.39. The molecule has 1 aliphatic rings. The van der Waals surface area contributed by atoms with Crippen LogP contribution in [0.1, 0.15) is 24.2 Å². The lowest BCUT2D eigenvalue weighted by molar-refractivity contribution is -0.137. The van der Waals surface area contributed by atoms with Gasteiger partial charge in [-0.3, -0.25) is 4.79 Å². The molecule has 0 aromatic heterocycles. The van der Waals surface area contributed by atoms with Crippen LogP contribution < -0.4 is 9.64 Å². The number of carbonyl (C=O) groups excluding carboxylic acids is 2. The number of carbonyl (C=O) groups is 2. The van der Waals surface area contributed by atoms with Crippen LogP contribution in [0.5, 0.6) is 5.75 Å². The first-order chi connectivity index (χ1) is 12.6. The highest BCUT2D eigenvalue weighted by atomic mass is 16.5. The lowest BCUT2D eigenvalue weighted by Gasteiger charge is -2.35. The third-order valence-corrected chi connectivity index (χ3v) is 4.18. The number of para-hydroxylation sites is 1. The Kier molecular flexibility index (Phi) is 5.37. The van der Waals surface area contributed by atoms with E-state index in [2.05, 4.69) is 0 Å². The van der Waals surface area contributed by atoms with E-state index in [4.69, 9.17) is 9.47 Å². The largest absolute Gasteiger partial charge is 0.481 e. The highest BCUT2D eigenvalue weighted by molar-refractivity contribution is 6.05. The quantitative estimate of drug-likeness (QED) is 0.624. The van der Waals surface area contributed by atoms with Gasteiger partial charge in [-0.25, -0.2) is 4.79 Å². The van der Waals surface area contributed by atoms with Crippen LogP contribution in [0.4, 0.5) is 5.69 Å². The van der Waals surface area contributed by atoms with Gasteiger partial charge in [-0.2, -0.15) is 0 Å². The van der Waals surface area contributed by atoms with Gasteiger partial charge in [-0.05, 0) is 31.0 Å². The van der Waals surface area contributed by atoms with Crippen LogP contribution in [0, 0.1) is 6.92 Å². The second kappa shape index (κ2) is 7.87. The second-order valence-electron chi connectivity index (χ2n) is 5.97. The fourth-order valence-electron chi connectivity index (χ4n) is 2.92. The maximum absolute atomic E-state index is 12.7. The zero-order valence-electron chi connectivity index (χ0n) is 14.8. The maximum atomic E-state index is 12.7. The number of esters is 1. The summed E-state index contributed by atoms with van der Waals surface area (Å²) >= 11 is 0. The summed E-state index contributed by atoms with van der Waals surface area (Å²) in [5, 5.41) is 0. The van der Waals surface area contributed by atoms with Crippen molar-refractivity contribution >= 4 is 17.6 Å². The normalized spacial score (nSPS) is 16.1. The summed E-state index contributed by atoms with van der Waals surface area (Å²) in [6.07, 6.45) is 2.14. The van der Waals surface area contributed by atoms with Gasteiger partial charge in [0.15, 0.2) is 0 Å². The molecule has 1 aliphatic heterocycles. The van der Waals surface area contributed by atoms with E-state index in [9.17, 15) is 9.59 Å². The summed E-state index contributed by atoms with van der Waals surface area (Å²) in [6, 6.07) is 15.5. The summed E-state index contributed by atoms with van der Waals surface area (Å²) in [5.74, 6) is -0.127. The zero-order chi connectivity index (χ0) is 18.5. The first-order valence-electron chi connectivity index (χ1n) is 8.57. The third-order valence-electron chi connectivity index (χ3n) is 4.18. The molecule has 0 aliphatic carbocycles. The molecule has 0 N–H and O–H groups in total. The van der Waals surface area contributed by atoms with Crippen molar-refractivity contribution in [3.63, 3.8) is 0 Å². The van der Waals surface area contributed by atoms with E-state index in [1.807, 2.05) is 55.5 Å². The third kappa shape index (κ3) is 3.77. The van der Waals surface area contributed by atoms with E-state index < -0.39 is 5.97 Å². The molecule has 0 saturated heterocycles. The molecule has 1 unspecified atom stereocenters. The Balaban J connectivity index is 1.92. The number of aryl methyl sites for hydroxylation is 1. The number of anilines is 1. The molecule has 134 valence electrons. The summed E-state index contributed by atoms with van der Waals surface area (Å²) in [4.78, 5) is 25.9. The second-order valence-corrected chi connectivity index (χ2v) is 5.97. The number of hydrogen-bond acceptors (Lipinski definition) is 4. The number of nitrogens with zero attached hydrogens (tertiary/aromatic N) is 1. The predicted octanol–water partition coefficient (Wildman–Crippen LogP) is 3.58. The number of benzene rings is 2. The Morgan fingerprint density at radius 3 is 2.65 bits per heavy atom. The van der Waals surface area contributed by atoms with Crippen molar-refractivity contribution < 1.29 is 19.1 Å². The highest BCUT2D eigenvalue weighted by Crippen LogP contribution is 2.40. The molecular formula is C21H21NO4. The Morgan fingerprint density at radius 1 is 1.15 bits per heavy atom. The van der Waals surface area contributed by atoms with Crippen molar-refractivity contribution in [3.05, 3.63) is 71.8 Å². The molecule has 0 bridgehead atoms. The van der Waals surface area contributed by atoms with Crippen molar-refractivity contribution in [2.24, 2.45) is 0 Å². The Labute approximate surface area is 152 Å². The minimum absolute atomic E-state index is 0.271. The highest BCUT2D eigenvalue weighted by Gasteiger charge is 2.30. The molecule has 5 heteroatoms. The van der Waals surface area contributed by atoms with Crippen molar-refractivity contribution in [2.75, 3.05) is 18.1 Å². The van der Waals surface area contributed by atoms with Crippen molar-refractivity contribution in [1.29, 1.82) is 0 Å². The fourth-order valence-corrected chi connectivity index (χ4v) is 2.92. The minimum atomic E-state index is -0.529.